The summed E-state index contributed by atoms with van der Waals surface area (Å²) >= 11 is 3.21. The van der Waals surface area contributed by atoms with Crippen molar-refractivity contribution in [3.8, 4) is 0 Å². The number of hydrogen-bond donors (Lipinski definition) is 3. The molecule has 0 fully saturated rings. The van der Waals surface area contributed by atoms with Gasteiger partial charge in [-0.05, 0) is 36.4 Å². The molecule has 2 aromatic carbocycles. The lowest BCUT2D eigenvalue weighted by atomic mass is 10.1. The smallest absolute Gasteiger partial charge is 0.335 e. The second-order valence-corrected chi connectivity index (χ2v) is 5.10. The van der Waals surface area contributed by atoms with E-state index in [4.69, 9.17) is 10.8 Å². The lowest BCUT2D eigenvalue weighted by Crippen LogP contribution is -2.15. The highest BCUT2D eigenvalue weighted by Gasteiger charge is 2.14. The summed E-state index contributed by atoms with van der Waals surface area (Å²) in [6.07, 6.45) is 0. The van der Waals surface area contributed by atoms with Crippen LogP contribution in [-0.4, -0.2) is 17.0 Å². The summed E-state index contributed by atoms with van der Waals surface area (Å²) < 4.78 is 14.3. The van der Waals surface area contributed by atoms with E-state index in [0.29, 0.717) is 4.47 Å². The molecule has 0 unspecified atom stereocenters. The van der Waals surface area contributed by atoms with Gasteiger partial charge in [0.2, 0.25) is 0 Å². The zero-order valence-corrected chi connectivity index (χ0v) is 12.1. The highest BCUT2D eigenvalue weighted by molar-refractivity contribution is 9.10. The van der Waals surface area contributed by atoms with Gasteiger partial charge in [-0.3, -0.25) is 4.79 Å². The van der Waals surface area contributed by atoms with E-state index in [0.717, 1.165) is 18.2 Å². The van der Waals surface area contributed by atoms with Gasteiger partial charge in [-0.25, -0.2) is 9.18 Å². The topological polar surface area (TPSA) is 92.4 Å². The Morgan fingerprint density at radius 1 is 1.19 bits per heavy atom. The van der Waals surface area contributed by atoms with E-state index in [9.17, 15) is 14.0 Å². The molecule has 0 aliphatic carbocycles. The number of carboxylic acid groups (broad SMARTS) is 1. The van der Waals surface area contributed by atoms with Crippen molar-refractivity contribution < 1.29 is 19.1 Å². The van der Waals surface area contributed by atoms with Gasteiger partial charge < -0.3 is 16.2 Å². The van der Waals surface area contributed by atoms with Crippen molar-refractivity contribution in [1.82, 2.24) is 0 Å². The van der Waals surface area contributed by atoms with Crippen molar-refractivity contribution in [2.45, 2.75) is 0 Å². The van der Waals surface area contributed by atoms with Gasteiger partial charge in [-0.15, -0.1) is 0 Å². The van der Waals surface area contributed by atoms with Gasteiger partial charge in [0, 0.05) is 10.2 Å². The molecule has 0 heterocycles. The van der Waals surface area contributed by atoms with Crippen LogP contribution in [0.5, 0.6) is 0 Å². The van der Waals surface area contributed by atoms with Crippen LogP contribution in [-0.2, 0) is 0 Å². The molecule has 0 saturated heterocycles. The first-order chi connectivity index (χ1) is 9.88. The number of benzene rings is 2. The normalized spacial score (nSPS) is 10.2. The van der Waals surface area contributed by atoms with E-state index < -0.39 is 17.7 Å². The Kier molecular flexibility index (Phi) is 4.23. The number of carbonyl (C=O) groups is 2. The zero-order chi connectivity index (χ0) is 15.6. The van der Waals surface area contributed by atoms with Crippen LogP contribution in [0.2, 0.25) is 0 Å². The highest BCUT2D eigenvalue weighted by Crippen LogP contribution is 2.22. The number of carboxylic acids is 1. The number of hydrogen-bond acceptors (Lipinski definition) is 3. The standard InChI is InChI=1S/C14H10BrFN2O3/c15-8-2-4-11(17)9(6-8)13(19)18-12-5-7(14(20)21)1-3-10(12)16/h1-6H,17H2,(H,18,19)(H,20,21). The number of carbonyl (C=O) groups excluding carboxylic acids is 1. The minimum atomic E-state index is -1.22. The van der Waals surface area contributed by atoms with E-state index in [1.54, 1.807) is 6.07 Å². The average Bonchev–Trinajstić information content (AvgIpc) is 2.43. The molecule has 1 amide bonds. The summed E-state index contributed by atoms with van der Waals surface area (Å²) in [5, 5.41) is 11.2. The molecule has 0 bridgehead atoms. The molecule has 0 aliphatic rings. The van der Waals surface area contributed by atoms with E-state index in [2.05, 4.69) is 21.2 Å². The molecule has 0 saturated carbocycles. The Balaban J connectivity index is 2.33. The molecular formula is C14H10BrFN2O3. The fourth-order valence-electron chi connectivity index (χ4n) is 1.67. The molecule has 0 atom stereocenters. The number of amides is 1. The Morgan fingerprint density at radius 3 is 2.57 bits per heavy atom. The summed E-state index contributed by atoms with van der Waals surface area (Å²) in [6.45, 7) is 0. The fourth-order valence-corrected chi connectivity index (χ4v) is 2.03. The summed E-state index contributed by atoms with van der Waals surface area (Å²) in [6, 6.07) is 7.82. The summed E-state index contributed by atoms with van der Waals surface area (Å²) in [5.41, 5.74) is 5.72. The number of halogens is 2. The zero-order valence-electron chi connectivity index (χ0n) is 10.6. The number of nitrogens with two attached hydrogens (primary N) is 1. The Labute approximate surface area is 127 Å². The van der Waals surface area contributed by atoms with Gasteiger partial charge in [0.25, 0.3) is 5.91 Å². The molecule has 0 aromatic heterocycles. The molecule has 2 rings (SSSR count). The van der Waals surface area contributed by atoms with Crippen LogP contribution in [0.1, 0.15) is 20.7 Å². The maximum atomic E-state index is 13.6. The third kappa shape index (κ3) is 3.38. The Hall–Kier alpha value is -2.41. The highest BCUT2D eigenvalue weighted by atomic mass is 79.9. The lowest BCUT2D eigenvalue weighted by molar-refractivity contribution is 0.0696. The van der Waals surface area contributed by atoms with Crippen LogP contribution in [0.25, 0.3) is 0 Å². The van der Waals surface area contributed by atoms with Gasteiger partial charge >= 0.3 is 5.97 Å². The first kappa shape index (κ1) is 15.0. The first-order valence-electron chi connectivity index (χ1n) is 5.77. The predicted molar refractivity (Wildman–Crippen MR) is 79.9 cm³/mol. The summed E-state index contributed by atoms with van der Waals surface area (Å²) in [4.78, 5) is 23.0. The quantitative estimate of drug-likeness (QED) is 0.740. The molecule has 7 heteroatoms. The van der Waals surface area contributed by atoms with Crippen LogP contribution < -0.4 is 11.1 Å². The number of nitrogens with one attached hydrogen (secondary N) is 1. The molecular weight excluding hydrogens is 343 g/mol. The number of nitrogen functional groups attached to an aromatic ring is 1. The monoisotopic (exact) mass is 352 g/mol. The van der Waals surface area contributed by atoms with Crippen LogP contribution in [0.15, 0.2) is 40.9 Å². The van der Waals surface area contributed by atoms with E-state index >= 15 is 0 Å². The molecule has 0 aliphatic heterocycles. The Bertz CT molecular complexity index is 734. The third-order valence-corrected chi connectivity index (χ3v) is 3.21. The van der Waals surface area contributed by atoms with E-state index in [-0.39, 0.29) is 22.5 Å². The number of rotatable bonds is 3. The maximum Gasteiger partial charge on any atom is 0.335 e. The van der Waals surface area contributed by atoms with Crippen molar-refractivity contribution in [2.24, 2.45) is 0 Å². The molecule has 2 aromatic rings. The van der Waals surface area contributed by atoms with Crippen LogP contribution in [0, 0.1) is 5.82 Å². The molecule has 4 N–H and O–H groups in total. The minimum Gasteiger partial charge on any atom is -0.478 e. The second-order valence-electron chi connectivity index (χ2n) is 4.19. The molecule has 0 spiro atoms. The van der Waals surface area contributed by atoms with Crippen molar-refractivity contribution in [3.63, 3.8) is 0 Å². The Morgan fingerprint density at radius 2 is 1.90 bits per heavy atom. The fraction of sp³-hybridized carbons (Fsp3) is 0. The first-order valence-corrected chi connectivity index (χ1v) is 6.57. The molecule has 108 valence electrons. The SMILES string of the molecule is Nc1ccc(Br)cc1C(=O)Nc1cc(C(=O)O)ccc1F. The molecule has 21 heavy (non-hydrogen) atoms. The van der Waals surface area contributed by atoms with Gasteiger partial charge in [0.1, 0.15) is 5.82 Å². The number of anilines is 2. The van der Waals surface area contributed by atoms with Gasteiger partial charge in [-0.1, -0.05) is 15.9 Å². The van der Waals surface area contributed by atoms with Gasteiger partial charge in [0.15, 0.2) is 0 Å². The van der Waals surface area contributed by atoms with Crippen LogP contribution in [0.3, 0.4) is 0 Å². The summed E-state index contributed by atoms with van der Waals surface area (Å²) in [7, 11) is 0. The van der Waals surface area contributed by atoms with Crippen LogP contribution >= 0.6 is 15.9 Å². The van der Waals surface area contributed by atoms with E-state index in [1.165, 1.54) is 12.1 Å². The van der Waals surface area contributed by atoms with Crippen molar-refractivity contribution in [3.05, 3.63) is 57.8 Å². The van der Waals surface area contributed by atoms with Crippen molar-refractivity contribution in [2.75, 3.05) is 11.1 Å². The van der Waals surface area contributed by atoms with E-state index in [1.807, 2.05) is 0 Å². The van der Waals surface area contributed by atoms with Crippen molar-refractivity contribution >= 4 is 39.2 Å². The van der Waals surface area contributed by atoms with Crippen molar-refractivity contribution in [1.29, 1.82) is 0 Å². The summed E-state index contributed by atoms with van der Waals surface area (Å²) in [5.74, 6) is -2.58. The van der Waals surface area contributed by atoms with Gasteiger partial charge in [-0.2, -0.15) is 0 Å². The largest absolute Gasteiger partial charge is 0.478 e. The predicted octanol–water partition coefficient (Wildman–Crippen LogP) is 3.12. The maximum absolute atomic E-state index is 13.6. The molecule has 0 radical (unpaired) electrons. The number of aromatic carboxylic acids is 1. The van der Waals surface area contributed by atoms with Crippen LogP contribution in [0.4, 0.5) is 15.8 Å². The third-order valence-electron chi connectivity index (χ3n) is 2.72. The lowest BCUT2D eigenvalue weighted by Gasteiger charge is -2.09. The minimum absolute atomic E-state index is 0.131. The molecule has 5 nitrogen and oxygen atoms in total. The second kappa shape index (κ2) is 5.92. The van der Waals surface area contributed by atoms with Gasteiger partial charge in [0.05, 0.1) is 16.8 Å². The average molecular weight is 353 g/mol.